The summed E-state index contributed by atoms with van der Waals surface area (Å²) in [5, 5.41) is 7.34. The topological polar surface area (TPSA) is 117 Å². The van der Waals surface area contributed by atoms with E-state index in [0.717, 1.165) is 22.5 Å². The highest BCUT2D eigenvalue weighted by molar-refractivity contribution is 5.76. The number of nitrogens with one attached hydrogen (secondary N) is 1. The summed E-state index contributed by atoms with van der Waals surface area (Å²) in [5.41, 5.74) is 9.49. The minimum absolute atomic E-state index is 0.00406. The van der Waals surface area contributed by atoms with E-state index in [9.17, 15) is 4.79 Å². The molecule has 3 N–H and O–H groups in total. The molecule has 9 nitrogen and oxygen atoms in total. The van der Waals surface area contributed by atoms with Gasteiger partial charge in [-0.1, -0.05) is 6.07 Å². The van der Waals surface area contributed by atoms with Gasteiger partial charge in [0, 0.05) is 24.4 Å². The minimum Gasteiger partial charge on any atom is -0.493 e. The van der Waals surface area contributed by atoms with Gasteiger partial charge in [-0.15, -0.1) is 5.10 Å². The third kappa shape index (κ3) is 4.68. The molecule has 0 bridgehead atoms. The largest absolute Gasteiger partial charge is 0.493 e. The van der Waals surface area contributed by atoms with Crippen LogP contribution in [0.25, 0.3) is 5.78 Å². The molecule has 30 heavy (non-hydrogen) atoms. The van der Waals surface area contributed by atoms with Gasteiger partial charge >= 0.3 is 0 Å². The molecule has 0 aliphatic carbocycles. The number of methoxy groups -OCH3 is 2. The smallest absolute Gasteiger partial charge is 0.252 e. The van der Waals surface area contributed by atoms with Crippen molar-refractivity contribution >= 4 is 11.7 Å². The van der Waals surface area contributed by atoms with Crippen LogP contribution in [0.2, 0.25) is 0 Å². The fraction of sp³-hybridized carbons (Fsp3) is 0.429. The van der Waals surface area contributed by atoms with E-state index in [4.69, 9.17) is 15.2 Å². The van der Waals surface area contributed by atoms with Crippen molar-refractivity contribution in [1.82, 2.24) is 24.9 Å². The van der Waals surface area contributed by atoms with Crippen molar-refractivity contribution in [2.24, 2.45) is 5.73 Å². The monoisotopic (exact) mass is 412 g/mol. The Balaban J connectivity index is 1.56. The lowest BCUT2D eigenvalue weighted by Crippen LogP contribution is -2.26. The van der Waals surface area contributed by atoms with Crippen LogP contribution >= 0.6 is 0 Å². The summed E-state index contributed by atoms with van der Waals surface area (Å²) in [6.07, 6.45) is 1.67. The normalized spacial score (nSPS) is 11.0. The Bertz CT molecular complexity index is 1050. The van der Waals surface area contributed by atoms with Gasteiger partial charge in [0.25, 0.3) is 5.78 Å². The molecule has 2 heterocycles. The van der Waals surface area contributed by atoms with E-state index >= 15 is 0 Å². The molecule has 2 aromatic heterocycles. The van der Waals surface area contributed by atoms with Crippen LogP contribution < -0.4 is 20.5 Å². The van der Waals surface area contributed by atoms with Gasteiger partial charge in [0.2, 0.25) is 5.91 Å². The van der Waals surface area contributed by atoms with Crippen LogP contribution in [0.4, 0.5) is 0 Å². The molecule has 0 saturated carbocycles. The minimum atomic E-state index is -0.00406. The third-order valence-electron chi connectivity index (χ3n) is 5.06. The number of ether oxygens (including phenoxy) is 2. The van der Waals surface area contributed by atoms with Crippen LogP contribution in [-0.4, -0.2) is 46.3 Å². The van der Waals surface area contributed by atoms with E-state index in [1.54, 1.807) is 18.7 Å². The fourth-order valence-electron chi connectivity index (χ4n) is 3.41. The summed E-state index contributed by atoms with van der Waals surface area (Å²) >= 11 is 0. The van der Waals surface area contributed by atoms with Gasteiger partial charge in [-0.3, -0.25) is 4.79 Å². The summed E-state index contributed by atoms with van der Waals surface area (Å²) in [7, 11) is 3.21. The van der Waals surface area contributed by atoms with Crippen molar-refractivity contribution in [2.45, 2.75) is 39.7 Å². The molecule has 3 aromatic rings. The molecule has 0 unspecified atom stereocenters. The van der Waals surface area contributed by atoms with Crippen LogP contribution in [0.15, 0.2) is 18.2 Å². The van der Waals surface area contributed by atoms with Crippen LogP contribution in [0.5, 0.6) is 11.5 Å². The summed E-state index contributed by atoms with van der Waals surface area (Å²) < 4.78 is 12.3. The number of aromatic nitrogens is 4. The highest BCUT2D eigenvalue weighted by Gasteiger charge is 2.14. The van der Waals surface area contributed by atoms with Crippen LogP contribution in [0.3, 0.4) is 0 Å². The quantitative estimate of drug-likeness (QED) is 0.547. The van der Waals surface area contributed by atoms with Crippen LogP contribution in [0.1, 0.15) is 34.8 Å². The van der Waals surface area contributed by atoms with Gasteiger partial charge in [-0.2, -0.15) is 4.98 Å². The molecule has 0 spiro atoms. The predicted octanol–water partition coefficient (Wildman–Crippen LogP) is 1.51. The summed E-state index contributed by atoms with van der Waals surface area (Å²) in [5.74, 6) is 2.45. The first-order valence-corrected chi connectivity index (χ1v) is 9.86. The first-order valence-electron chi connectivity index (χ1n) is 9.86. The second kappa shape index (κ2) is 9.53. The van der Waals surface area contributed by atoms with Gasteiger partial charge in [0.1, 0.15) is 0 Å². The van der Waals surface area contributed by atoms with E-state index in [1.807, 2.05) is 32.0 Å². The molecular weight excluding hydrogens is 384 g/mol. The first kappa shape index (κ1) is 21.5. The van der Waals surface area contributed by atoms with E-state index in [1.165, 1.54) is 0 Å². The maximum atomic E-state index is 12.3. The lowest BCUT2D eigenvalue weighted by Gasteiger charge is -2.11. The number of nitrogens with two attached hydrogens (primary N) is 1. The molecule has 1 amide bonds. The van der Waals surface area contributed by atoms with E-state index in [-0.39, 0.29) is 12.5 Å². The lowest BCUT2D eigenvalue weighted by atomic mass is 10.1. The zero-order valence-electron chi connectivity index (χ0n) is 17.9. The van der Waals surface area contributed by atoms with Crippen molar-refractivity contribution in [3.63, 3.8) is 0 Å². The number of rotatable bonds is 9. The highest BCUT2D eigenvalue weighted by Crippen LogP contribution is 2.27. The molecule has 0 fully saturated rings. The molecule has 0 radical (unpaired) electrons. The summed E-state index contributed by atoms with van der Waals surface area (Å²) in [6, 6.07) is 5.76. The number of nitrogens with zero attached hydrogens (tertiary/aromatic N) is 4. The maximum absolute atomic E-state index is 12.3. The van der Waals surface area contributed by atoms with Crippen molar-refractivity contribution in [3.8, 4) is 11.5 Å². The van der Waals surface area contributed by atoms with E-state index in [0.29, 0.717) is 48.9 Å². The van der Waals surface area contributed by atoms with Crippen molar-refractivity contribution in [3.05, 3.63) is 46.5 Å². The molecule has 0 saturated heterocycles. The molecule has 160 valence electrons. The average molecular weight is 412 g/mol. The Morgan fingerprint density at radius 2 is 1.90 bits per heavy atom. The van der Waals surface area contributed by atoms with Crippen molar-refractivity contribution in [2.75, 3.05) is 20.8 Å². The van der Waals surface area contributed by atoms with Gasteiger partial charge in [-0.05, 0) is 49.9 Å². The molecule has 0 aliphatic rings. The summed E-state index contributed by atoms with van der Waals surface area (Å²) in [6.45, 7) is 4.70. The number of carbonyl (C=O) groups excluding carboxylic acids is 1. The summed E-state index contributed by atoms with van der Waals surface area (Å²) in [4.78, 5) is 21.1. The first-order chi connectivity index (χ1) is 14.5. The van der Waals surface area contributed by atoms with Gasteiger partial charge in [-0.25, -0.2) is 9.50 Å². The standard InChI is InChI=1S/C21H28N6O3/c1-13-16(14(2)27-21(24-13)25-19(12-22)26-27)6-8-20(28)23-10-9-15-5-7-17(29-3)18(11-15)30-4/h5,7,11H,6,8-10,12,22H2,1-4H3,(H,23,28). The molecule has 0 aliphatic heterocycles. The van der Waals surface area contributed by atoms with Crippen molar-refractivity contribution in [1.29, 1.82) is 0 Å². The third-order valence-corrected chi connectivity index (χ3v) is 5.06. The number of aryl methyl sites for hydroxylation is 2. The number of fused-ring (bicyclic) bond motifs is 1. The molecule has 3 rings (SSSR count). The second-order valence-corrected chi connectivity index (χ2v) is 6.99. The van der Waals surface area contributed by atoms with Gasteiger partial charge in [0.05, 0.1) is 20.8 Å². The second-order valence-electron chi connectivity index (χ2n) is 6.99. The Labute approximate surface area is 175 Å². The molecule has 9 heteroatoms. The lowest BCUT2D eigenvalue weighted by molar-refractivity contribution is -0.121. The number of hydrogen-bond acceptors (Lipinski definition) is 7. The van der Waals surface area contributed by atoms with Gasteiger partial charge in [0.15, 0.2) is 17.3 Å². The Morgan fingerprint density at radius 3 is 2.60 bits per heavy atom. The number of carbonyl (C=O) groups is 1. The maximum Gasteiger partial charge on any atom is 0.252 e. The zero-order chi connectivity index (χ0) is 21.7. The highest BCUT2D eigenvalue weighted by atomic mass is 16.5. The van der Waals surface area contributed by atoms with Gasteiger partial charge < -0.3 is 20.5 Å². The number of hydrogen-bond donors (Lipinski definition) is 2. The Hall–Kier alpha value is -3.20. The zero-order valence-corrected chi connectivity index (χ0v) is 17.9. The van der Waals surface area contributed by atoms with E-state index < -0.39 is 0 Å². The fourth-order valence-corrected chi connectivity index (χ4v) is 3.41. The van der Waals surface area contributed by atoms with Crippen LogP contribution in [0, 0.1) is 13.8 Å². The molecular formula is C21H28N6O3. The van der Waals surface area contributed by atoms with E-state index in [2.05, 4.69) is 20.4 Å². The number of amides is 1. The van der Waals surface area contributed by atoms with Crippen molar-refractivity contribution < 1.29 is 14.3 Å². The Morgan fingerprint density at radius 1 is 1.13 bits per heavy atom. The molecule has 0 atom stereocenters. The van der Waals surface area contributed by atoms with Crippen LogP contribution in [-0.2, 0) is 24.2 Å². The number of benzene rings is 1. The molecule has 1 aromatic carbocycles. The Kier molecular flexibility index (Phi) is 6.83. The predicted molar refractivity (Wildman–Crippen MR) is 113 cm³/mol. The SMILES string of the molecule is COc1ccc(CCNC(=O)CCc2c(C)nc3nc(CN)nn3c2C)cc1OC. The average Bonchev–Trinajstić information content (AvgIpc) is 3.16.